The second-order valence-corrected chi connectivity index (χ2v) is 5.37. The van der Waals surface area contributed by atoms with E-state index in [1.54, 1.807) is 12.1 Å². The van der Waals surface area contributed by atoms with E-state index in [9.17, 15) is 10.1 Å². The van der Waals surface area contributed by atoms with E-state index >= 15 is 0 Å². The molecule has 0 amide bonds. The molecule has 1 aromatic carbocycles. The second-order valence-electron chi connectivity index (χ2n) is 4.45. The monoisotopic (exact) mass is 314 g/mol. The van der Waals surface area contributed by atoms with Crippen molar-refractivity contribution in [1.82, 2.24) is 5.32 Å². The summed E-state index contributed by atoms with van der Waals surface area (Å²) in [5.41, 5.74) is 0.895. The van der Waals surface area contributed by atoms with Crippen LogP contribution in [-0.4, -0.2) is 11.0 Å². The van der Waals surface area contributed by atoms with Gasteiger partial charge in [0, 0.05) is 28.7 Å². The maximum atomic E-state index is 10.9. The molecule has 0 aliphatic heterocycles. The number of hydrogen-bond donors (Lipinski definition) is 1. The Balaban J connectivity index is 2.64. The number of unbranched alkanes of at least 4 members (excludes halogenated alkanes) is 1. The number of nitrogens with one attached hydrogen (secondary N) is 1. The van der Waals surface area contributed by atoms with E-state index in [0.717, 1.165) is 16.5 Å². The number of nitro benzene ring substituents is 1. The number of benzene rings is 1. The van der Waals surface area contributed by atoms with Gasteiger partial charge in [0.15, 0.2) is 0 Å². The smallest absolute Gasteiger partial charge is 0.275 e. The normalized spacial score (nSPS) is 12.4. The molecule has 0 aliphatic carbocycles. The van der Waals surface area contributed by atoms with Crippen molar-refractivity contribution in [2.45, 2.75) is 45.7 Å². The molecule has 0 bridgehead atoms. The van der Waals surface area contributed by atoms with E-state index in [1.807, 2.05) is 6.07 Å². The standard InChI is InChI=1S/C13H19BrN2O2/c1-3-4-5-10(2)15-9-11-6-7-12(14)8-13(11)16(17)18/h6-8,10,15H,3-5,9H2,1-2H3. The molecule has 0 heterocycles. The van der Waals surface area contributed by atoms with E-state index in [1.165, 1.54) is 12.8 Å². The summed E-state index contributed by atoms with van der Waals surface area (Å²) in [6.45, 7) is 4.81. The van der Waals surface area contributed by atoms with Gasteiger partial charge in [-0.3, -0.25) is 10.1 Å². The zero-order valence-electron chi connectivity index (χ0n) is 10.8. The predicted octanol–water partition coefficient (Wildman–Crippen LogP) is 4.03. The van der Waals surface area contributed by atoms with Crippen molar-refractivity contribution in [3.8, 4) is 0 Å². The van der Waals surface area contributed by atoms with Gasteiger partial charge in [0.1, 0.15) is 0 Å². The lowest BCUT2D eigenvalue weighted by Gasteiger charge is -2.13. The molecule has 1 N–H and O–H groups in total. The average Bonchev–Trinajstić information content (AvgIpc) is 2.34. The molecule has 0 spiro atoms. The Labute approximate surface area is 116 Å². The molecule has 0 fully saturated rings. The summed E-state index contributed by atoms with van der Waals surface area (Å²) in [6, 6.07) is 5.56. The molecule has 1 aromatic rings. The molecule has 0 radical (unpaired) electrons. The Morgan fingerprint density at radius 1 is 1.50 bits per heavy atom. The summed E-state index contributed by atoms with van der Waals surface area (Å²) < 4.78 is 0.733. The molecule has 0 aliphatic rings. The van der Waals surface area contributed by atoms with Gasteiger partial charge >= 0.3 is 0 Å². The van der Waals surface area contributed by atoms with E-state index in [-0.39, 0.29) is 10.6 Å². The minimum atomic E-state index is -0.335. The lowest BCUT2D eigenvalue weighted by molar-refractivity contribution is -0.385. The van der Waals surface area contributed by atoms with Crippen molar-refractivity contribution >= 4 is 21.6 Å². The van der Waals surface area contributed by atoms with Crippen LogP contribution in [0.25, 0.3) is 0 Å². The summed E-state index contributed by atoms with van der Waals surface area (Å²) in [4.78, 5) is 10.6. The molecule has 0 aromatic heterocycles. The van der Waals surface area contributed by atoms with Crippen molar-refractivity contribution in [1.29, 1.82) is 0 Å². The number of rotatable bonds is 7. The molecule has 18 heavy (non-hydrogen) atoms. The maximum Gasteiger partial charge on any atom is 0.275 e. The van der Waals surface area contributed by atoms with Crippen LogP contribution in [-0.2, 0) is 6.54 Å². The fourth-order valence-corrected chi connectivity index (χ4v) is 2.10. The summed E-state index contributed by atoms with van der Waals surface area (Å²) in [7, 11) is 0. The van der Waals surface area contributed by atoms with Crippen LogP contribution >= 0.6 is 15.9 Å². The van der Waals surface area contributed by atoms with Gasteiger partial charge in [-0.1, -0.05) is 35.7 Å². The zero-order valence-corrected chi connectivity index (χ0v) is 12.4. The van der Waals surface area contributed by atoms with Crippen molar-refractivity contribution in [3.05, 3.63) is 38.3 Å². The highest BCUT2D eigenvalue weighted by Crippen LogP contribution is 2.23. The van der Waals surface area contributed by atoms with Gasteiger partial charge in [-0.05, 0) is 25.5 Å². The summed E-state index contributed by atoms with van der Waals surface area (Å²) in [5, 5.41) is 14.3. The summed E-state index contributed by atoms with van der Waals surface area (Å²) in [6.07, 6.45) is 3.45. The summed E-state index contributed by atoms with van der Waals surface area (Å²) >= 11 is 3.25. The van der Waals surface area contributed by atoms with Crippen LogP contribution in [0.5, 0.6) is 0 Å². The van der Waals surface area contributed by atoms with E-state index in [0.29, 0.717) is 12.6 Å². The lowest BCUT2D eigenvalue weighted by Crippen LogP contribution is -2.25. The highest BCUT2D eigenvalue weighted by Gasteiger charge is 2.14. The Bertz CT molecular complexity index is 410. The Morgan fingerprint density at radius 3 is 2.83 bits per heavy atom. The molecule has 1 atom stereocenters. The number of nitro groups is 1. The number of hydrogen-bond acceptors (Lipinski definition) is 3. The van der Waals surface area contributed by atoms with Crippen LogP contribution in [0.1, 0.15) is 38.7 Å². The average molecular weight is 315 g/mol. The van der Waals surface area contributed by atoms with Crippen LogP contribution in [0.15, 0.2) is 22.7 Å². The molecule has 1 rings (SSSR count). The highest BCUT2D eigenvalue weighted by atomic mass is 79.9. The third-order valence-electron chi connectivity index (χ3n) is 2.88. The first-order valence-corrected chi connectivity index (χ1v) is 7.00. The van der Waals surface area contributed by atoms with E-state index < -0.39 is 0 Å². The Morgan fingerprint density at radius 2 is 2.22 bits per heavy atom. The SMILES string of the molecule is CCCCC(C)NCc1ccc(Br)cc1[N+](=O)[O-]. The topological polar surface area (TPSA) is 55.2 Å². The second kappa shape index (κ2) is 7.48. The predicted molar refractivity (Wildman–Crippen MR) is 76.6 cm³/mol. The molecular formula is C13H19BrN2O2. The third-order valence-corrected chi connectivity index (χ3v) is 3.37. The van der Waals surface area contributed by atoms with Crippen molar-refractivity contribution in [3.63, 3.8) is 0 Å². The van der Waals surface area contributed by atoms with Crippen molar-refractivity contribution in [2.75, 3.05) is 0 Å². The van der Waals surface area contributed by atoms with Gasteiger partial charge in [-0.15, -0.1) is 0 Å². The fourth-order valence-electron chi connectivity index (χ4n) is 1.75. The first kappa shape index (κ1) is 15.1. The molecular weight excluding hydrogens is 296 g/mol. The van der Waals surface area contributed by atoms with Crippen LogP contribution in [0.4, 0.5) is 5.69 Å². The Kier molecular flexibility index (Phi) is 6.29. The minimum Gasteiger partial charge on any atom is -0.310 e. The van der Waals surface area contributed by atoms with Gasteiger partial charge in [0.05, 0.1) is 4.92 Å². The molecule has 100 valence electrons. The molecule has 0 saturated heterocycles. The van der Waals surface area contributed by atoms with Gasteiger partial charge in [0.2, 0.25) is 0 Å². The highest BCUT2D eigenvalue weighted by molar-refractivity contribution is 9.10. The van der Waals surface area contributed by atoms with Gasteiger partial charge < -0.3 is 5.32 Å². The molecule has 0 saturated carbocycles. The van der Waals surface area contributed by atoms with Crippen molar-refractivity contribution in [2.24, 2.45) is 0 Å². The Hall–Kier alpha value is -0.940. The number of nitrogens with zero attached hydrogens (tertiary/aromatic N) is 1. The van der Waals surface area contributed by atoms with Crippen LogP contribution < -0.4 is 5.32 Å². The third kappa shape index (κ3) is 4.74. The quantitative estimate of drug-likeness (QED) is 0.610. The first-order chi connectivity index (χ1) is 8.54. The lowest BCUT2D eigenvalue weighted by atomic mass is 10.1. The molecule has 5 heteroatoms. The first-order valence-electron chi connectivity index (χ1n) is 6.20. The van der Waals surface area contributed by atoms with Gasteiger partial charge in [0.25, 0.3) is 5.69 Å². The minimum absolute atomic E-state index is 0.166. The summed E-state index contributed by atoms with van der Waals surface area (Å²) in [5.74, 6) is 0. The van der Waals surface area contributed by atoms with Gasteiger partial charge in [-0.2, -0.15) is 0 Å². The van der Waals surface area contributed by atoms with Crippen LogP contribution in [0, 0.1) is 10.1 Å². The zero-order chi connectivity index (χ0) is 13.5. The fraction of sp³-hybridized carbons (Fsp3) is 0.538. The number of halogens is 1. The largest absolute Gasteiger partial charge is 0.310 e. The van der Waals surface area contributed by atoms with Crippen LogP contribution in [0.2, 0.25) is 0 Å². The molecule has 4 nitrogen and oxygen atoms in total. The van der Waals surface area contributed by atoms with E-state index in [2.05, 4.69) is 35.1 Å². The molecule has 1 unspecified atom stereocenters. The van der Waals surface area contributed by atoms with Gasteiger partial charge in [-0.25, -0.2) is 0 Å². The van der Waals surface area contributed by atoms with Crippen molar-refractivity contribution < 1.29 is 4.92 Å². The van der Waals surface area contributed by atoms with Crippen LogP contribution in [0.3, 0.4) is 0 Å². The maximum absolute atomic E-state index is 10.9. The van der Waals surface area contributed by atoms with E-state index in [4.69, 9.17) is 0 Å².